The van der Waals surface area contributed by atoms with E-state index in [0.717, 1.165) is 25.7 Å². The van der Waals surface area contributed by atoms with Crippen LogP contribution >= 0.6 is 0 Å². The third kappa shape index (κ3) is 1.83. The lowest BCUT2D eigenvalue weighted by molar-refractivity contribution is -0.162. The van der Waals surface area contributed by atoms with Gasteiger partial charge in [0.1, 0.15) is 11.6 Å². The predicted octanol–water partition coefficient (Wildman–Crippen LogP) is 1.44. The van der Waals surface area contributed by atoms with Gasteiger partial charge in [0, 0.05) is 6.04 Å². The van der Waals surface area contributed by atoms with Crippen LogP contribution in [0.3, 0.4) is 0 Å². The third-order valence-corrected chi connectivity index (χ3v) is 4.04. The molecule has 4 nitrogen and oxygen atoms in total. The standard InChI is InChI=1S/C13H22N2O2/c1-9(2)15-11(16)10(3)14-12(17)13(15)7-5-4-6-8-13/h9-10H,4-8H2,1-3H3,(H,14,17). The Morgan fingerprint density at radius 1 is 1.24 bits per heavy atom. The minimum absolute atomic E-state index is 0.0537. The molecular formula is C13H22N2O2. The second kappa shape index (κ2) is 4.31. The van der Waals surface area contributed by atoms with Gasteiger partial charge in [-0.3, -0.25) is 9.59 Å². The Kier molecular flexibility index (Phi) is 3.15. The van der Waals surface area contributed by atoms with Gasteiger partial charge in [-0.2, -0.15) is 0 Å². The topological polar surface area (TPSA) is 49.4 Å². The first-order chi connectivity index (χ1) is 7.99. The molecule has 0 aromatic heterocycles. The molecule has 0 radical (unpaired) electrons. The molecule has 2 aliphatic rings. The smallest absolute Gasteiger partial charge is 0.246 e. The summed E-state index contributed by atoms with van der Waals surface area (Å²) in [6, 6.07) is -0.286. The molecule has 1 aliphatic carbocycles. The number of hydrogen-bond donors (Lipinski definition) is 1. The van der Waals surface area contributed by atoms with Crippen LogP contribution in [-0.2, 0) is 9.59 Å². The summed E-state index contributed by atoms with van der Waals surface area (Å²) in [5.74, 6) is 0.125. The van der Waals surface area contributed by atoms with Gasteiger partial charge in [-0.15, -0.1) is 0 Å². The number of rotatable bonds is 1. The number of nitrogens with one attached hydrogen (secondary N) is 1. The molecule has 0 aromatic carbocycles. The maximum Gasteiger partial charge on any atom is 0.246 e. The van der Waals surface area contributed by atoms with E-state index < -0.39 is 5.54 Å². The van der Waals surface area contributed by atoms with Crippen LogP contribution in [0.5, 0.6) is 0 Å². The summed E-state index contributed by atoms with van der Waals surface area (Å²) in [6.07, 6.45) is 4.88. The zero-order valence-corrected chi connectivity index (χ0v) is 11.0. The van der Waals surface area contributed by atoms with Crippen LogP contribution in [0.15, 0.2) is 0 Å². The normalized spacial score (nSPS) is 28.7. The molecule has 1 spiro atoms. The average Bonchev–Trinajstić information content (AvgIpc) is 2.28. The lowest BCUT2D eigenvalue weighted by Crippen LogP contribution is -2.72. The molecule has 1 unspecified atom stereocenters. The van der Waals surface area contributed by atoms with Gasteiger partial charge in [0.05, 0.1) is 0 Å². The molecule has 96 valence electrons. The molecule has 2 fully saturated rings. The van der Waals surface area contributed by atoms with Gasteiger partial charge in [0.25, 0.3) is 0 Å². The number of piperazine rings is 1. The van der Waals surface area contributed by atoms with Crippen molar-refractivity contribution in [3.05, 3.63) is 0 Å². The summed E-state index contributed by atoms with van der Waals surface area (Å²) in [6.45, 7) is 5.77. The highest BCUT2D eigenvalue weighted by molar-refractivity contribution is 5.99. The SMILES string of the molecule is CC1NC(=O)C2(CCCCC2)N(C(C)C)C1=O. The Labute approximate surface area is 103 Å². The zero-order valence-electron chi connectivity index (χ0n) is 11.0. The minimum Gasteiger partial charge on any atom is -0.343 e. The van der Waals surface area contributed by atoms with E-state index in [-0.39, 0.29) is 23.9 Å². The lowest BCUT2D eigenvalue weighted by Gasteiger charge is -2.51. The number of amides is 2. The number of carbonyl (C=O) groups is 2. The first-order valence-electron chi connectivity index (χ1n) is 6.63. The van der Waals surface area contributed by atoms with E-state index >= 15 is 0 Å². The van der Waals surface area contributed by atoms with Gasteiger partial charge >= 0.3 is 0 Å². The fraction of sp³-hybridized carbons (Fsp3) is 0.846. The molecule has 0 aromatic rings. The van der Waals surface area contributed by atoms with E-state index in [9.17, 15) is 9.59 Å². The van der Waals surface area contributed by atoms with Crippen molar-refractivity contribution in [2.45, 2.75) is 70.5 Å². The first kappa shape index (κ1) is 12.4. The van der Waals surface area contributed by atoms with Gasteiger partial charge < -0.3 is 10.2 Å². The minimum atomic E-state index is -0.560. The molecule has 1 aliphatic heterocycles. The van der Waals surface area contributed by atoms with E-state index in [1.807, 2.05) is 18.7 Å². The van der Waals surface area contributed by atoms with Gasteiger partial charge in [0.15, 0.2) is 0 Å². The maximum absolute atomic E-state index is 12.3. The third-order valence-electron chi connectivity index (χ3n) is 4.04. The fourth-order valence-electron chi connectivity index (χ4n) is 3.28. The Morgan fingerprint density at radius 2 is 1.82 bits per heavy atom. The second-order valence-electron chi connectivity index (χ2n) is 5.59. The second-order valence-corrected chi connectivity index (χ2v) is 5.59. The zero-order chi connectivity index (χ0) is 12.6. The molecule has 0 bridgehead atoms. The van der Waals surface area contributed by atoms with Gasteiger partial charge in [-0.1, -0.05) is 19.3 Å². The van der Waals surface area contributed by atoms with Crippen LogP contribution in [0.1, 0.15) is 52.9 Å². The summed E-state index contributed by atoms with van der Waals surface area (Å²) < 4.78 is 0. The number of carbonyl (C=O) groups excluding carboxylic acids is 2. The Bertz CT molecular complexity index is 332. The predicted molar refractivity (Wildman–Crippen MR) is 65.4 cm³/mol. The van der Waals surface area contributed by atoms with Crippen LogP contribution < -0.4 is 5.32 Å². The van der Waals surface area contributed by atoms with Crippen LogP contribution in [0, 0.1) is 0 Å². The maximum atomic E-state index is 12.3. The highest BCUT2D eigenvalue weighted by atomic mass is 16.2. The van der Waals surface area contributed by atoms with Crippen LogP contribution in [-0.4, -0.2) is 34.3 Å². The van der Waals surface area contributed by atoms with Gasteiger partial charge in [-0.25, -0.2) is 0 Å². The molecular weight excluding hydrogens is 216 g/mol. The Balaban J connectivity index is 2.37. The van der Waals surface area contributed by atoms with Gasteiger partial charge in [-0.05, 0) is 33.6 Å². The van der Waals surface area contributed by atoms with E-state index in [2.05, 4.69) is 5.32 Å². The Morgan fingerprint density at radius 3 is 2.35 bits per heavy atom. The Hall–Kier alpha value is -1.06. The fourth-order valence-corrected chi connectivity index (χ4v) is 3.28. The van der Waals surface area contributed by atoms with E-state index in [4.69, 9.17) is 0 Å². The summed E-state index contributed by atoms with van der Waals surface area (Å²) in [5.41, 5.74) is -0.560. The van der Waals surface area contributed by atoms with Crippen molar-refractivity contribution < 1.29 is 9.59 Å². The molecule has 1 saturated carbocycles. The quantitative estimate of drug-likeness (QED) is 0.751. The summed E-state index contributed by atoms with van der Waals surface area (Å²) in [5, 5.41) is 2.84. The van der Waals surface area contributed by atoms with E-state index in [1.165, 1.54) is 6.42 Å². The van der Waals surface area contributed by atoms with Crippen molar-refractivity contribution in [1.29, 1.82) is 0 Å². The van der Waals surface area contributed by atoms with Crippen molar-refractivity contribution in [3.8, 4) is 0 Å². The highest BCUT2D eigenvalue weighted by Crippen LogP contribution is 2.37. The van der Waals surface area contributed by atoms with Crippen molar-refractivity contribution in [2.75, 3.05) is 0 Å². The number of hydrogen-bond acceptors (Lipinski definition) is 2. The molecule has 1 atom stereocenters. The highest BCUT2D eigenvalue weighted by Gasteiger charge is 2.52. The van der Waals surface area contributed by atoms with E-state index in [0.29, 0.717) is 0 Å². The number of nitrogens with zero attached hydrogens (tertiary/aromatic N) is 1. The van der Waals surface area contributed by atoms with Crippen molar-refractivity contribution in [1.82, 2.24) is 10.2 Å². The van der Waals surface area contributed by atoms with Crippen molar-refractivity contribution >= 4 is 11.8 Å². The summed E-state index contributed by atoms with van der Waals surface area (Å²) in [4.78, 5) is 26.5. The van der Waals surface area contributed by atoms with Crippen LogP contribution in [0.4, 0.5) is 0 Å². The van der Waals surface area contributed by atoms with Crippen molar-refractivity contribution in [2.24, 2.45) is 0 Å². The monoisotopic (exact) mass is 238 g/mol. The molecule has 17 heavy (non-hydrogen) atoms. The molecule has 2 rings (SSSR count). The first-order valence-corrected chi connectivity index (χ1v) is 6.63. The molecule has 1 saturated heterocycles. The van der Waals surface area contributed by atoms with E-state index in [1.54, 1.807) is 6.92 Å². The molecule has 4 heteroatoms. The van der Waals surface area contributed by atoms with Crippen LogP contribution in [0.25, 0.3) is 0 Å². The van der Waals surface area contributed by atoms with Crippen LogP contribution in [0.2, 0.25) is 0 Å². The largest absolute Gasteiger partial charge is 0.343 e. The molecule has 1 heterocycles. The summed E-state index contributed by atoms with van der Waals surface area (Å²) >= 11 is 0. The van der Waals surface area contributed by atoms with Gasteiger partial charge in [0.2, 0.25) is 11.8 Å². The molecule has 1 N–H and O–H groups in total. The summed E-state index contributed by atoms with van der Waals surface area (Å²) in [7, 11) is 0. The lowest BCUT2D eigenvalue weighted by atomic mass is 9.77. The average molecular weight is 238 g/mol. The van der Waals surface area contributed by atoms with Crippen molar-refractivity contribution in [3.63, 3.8) is 0 Å². The molecule has 2 amide bonds.